The van der Waals surface area contributed by atoms with E-state index in [9.17, 15) is 9.59 Å². The van der Waals surface area contributed by atoms with Crippen LogP contribution in [0.1, 0.15) is 168 Å². The summed E-state index contributed by atoms with van der Waals surface area (Å²) in [6.45, 7) is 5.19. The van der Waals surface area contributed by atoms with E-state index in [1.165, 1.54) is 96.3 Å². The van der Waals surface area contributed by atoms with Crippen molar-refractivity contribution >= 4 is 11.9 Å². The smallest absolute Gasteiger partial charge is 0.306 e. The molecule has 0 amide bonds. The molecule has 246 valence electrons. The van der Waals surface area contributed by atoms with E-state index < -0.39 is 6.10 Å². The van der Waals surface area contributed by atoms with Crippen molar-refractivity contribution in [1.29, 1.82) is 0 Å². The number of likely N-dealkylation sites (N-methyl/N-ethyl adjacent to an activating group) is 1. The van der Waals surface area contributed by atoms with Gasteiger partial charge in [-0.25, -0.2) is 0 Å². The molecule has 0 aromatic rings. The molecule has 0 aliphatic carbocycles. The van der Waals surface area contributed by atoms with Crippen LogP contribution in [0.4, 0.5) is 0 Å². The van der Waals surface area contributed by atoms with Gasteiger partial charge in [0.25, 0.3) is 0 Å². The molecule has 42 heavy (non-hydrogen) atoms. The van der Waals surface area contributed by atoms with Crippen LogP contribution < -0.4 is 0 Å². The van der Waals surface area contributed by atoms with Crippen LogP contribution in [0.5, 0.6) is 0 Å². The van der Waals surface area contributed by atoms with E-state index in [0.717, 1.165) is 44.9 Å². The zero-order chi connectivity index (χ0) is 30.9. The third kappa shape index (κ3) is 31.3. The van der Waals surface area contributed by atoms with E-state index in [2.05, 4.69) is 38.2 Å². The number of nitrogens with zero attached hydrogens (tertiary/aromatic N) is 1. The van der Waals surface area contributed by atoms with Crippen molar-refractivity contribution in [2.24, 2.45) is 0 Å². The van der Waals surface area contributed by atoms with Crippen molar-refractivity contribution in [3.63, 3.8) is 0 Å². The van der Waals surface area contributed by atoms with Gasteiger partial charge in [0.05, 0.1) is 0 Å². The molecule has 0 N–H and O–H groups in total. The van der Waals surface area contributed by atoms with Crippen molar-refractivity contribution < 1.29 is 19.1 Å². The third-order valence-electron chi connectivity index (χ3n) is 7.58. The van der Waals surface area contributed by atoms with Crippen LogP contribution in [0.25, 0.3) is 0 Å². The van der Waals surface area contributed by atoms with Crippen LogP contribution in [0.2, 0.25) is 0 Å². The number of hydrogen-bond donors (Lipinski definition) is 0. The van der Waals surface area contributed by atoms with Gasteiger partial charge in [0.15, 0.2) is 0 Å². The molecule has 0 fully saturated rings. The highest BCUT2D eigenvalue weighted by Crippen LogP contribution is 2.12. The minimum Gasteiger partial charge on any atom is -0.462 e. The average Bonchev–Trinajstić information content (AvgIpc) is 2.96. The SMILES string of the molecule is CCCCCCC=CCCCCCCCC(=O)OCC(CN(C)C)OC(=O)CCCCCCCC=CCCCCCC. The summed E-state index contributed by atoms with van der Waals surface area (Å²) in [4.78, 5) is 26.6. The van der Waals surface area contributed by atoms with Gasteiger partial charge in [-0.3, -0.25) is 9.59 Å². The Balaban J connectivity index is 3.83. The van der Waals surface area contributed by atoms with Crippen LogP contribution in [0.3, 0.4) is 0 Å². The molecule has 0 radical (unpaired) electrons. The van der Waals surface area contributed by atoms with Gasteiger partial charge in [-0.15, -0.1) is 0 Å². The fourth-order valence-corrected chi connectivity index (χ4v) is 5.01. The van der Waals surface area contributed by atoms with E-state index in [1.807, 2.05) is 19.0 Å². The molecule has 0 aliphatic rings. The maximum atomic E-state index is 12.4. The number of carbonyl (C=O) groups excluding carboxylic acids is 2. The molecule has 0 heterocycles. The highest BCUT2D eigenvalue weighted by molar-refractivity contribution is 5.70. The topological polar surface area (TPSA) is 55.8 Å². The fourth-order valence-electron chi connectivity index (χ4n) is 5.01. The summed E-state index contributed by atoms with van der Waals surface area (Å²) >= 11 is 0. The fraction of sp³-hybridized carbons (Fsp3) is 0.838. The minimum atomic E-state index is -0.412. The molecule has 0 aromatic carbocycles. The van der Waals surface area contributed by atoms with Crippen molar-refractivity contribution in [2.45, 2.75) is 174 Å². The third-order valence-corrected chi connectivity index (χ3v) is 7.58. The molecular formula is C37H69NO4. The number of hydrogen-bond acceptors (Lipinski definition) is 5. The zero-order valence-electron chi connectivity index (χ0n) is 28.4. The summed E-state index contributed by atoms with van der Waals surface area (Å²) < 4.78 is 11.1. The Hall–Kier alpha value is -1.62. The van der Waals surface area contributed by atoms with Gasteiger partial charge < -0.3 is 14.4 Å². The predicted molar refractivity (Wildman–Crippen MR) is 180 cm³/mol. The monoisotopic (exact) mass is 592 g/mol. The van der Waals surface area contributed by atoms with Crippen LogP contribution in [0.15, 0.2) is 24.3 Å². The van der Waals surface area contributed by atoms with Gasteiger partial charge >= 0.3 is 11.9 Å². The van der Waals surface area contributed by atoms with Crippen molar-refractivity contribution in [2.75, 3.05) is 27.2 Å². The molecule has 5 heteroatoms. The summed E-state index contributed by atoms with van der Waals surface area (Å²) in [6.07, 6.45) is 36.2. The largest absolute Gasteiger partial charge is 0.462 e. The van der Waals surface area contributed by atoms with Crippen molar-refractivity contribution in [3.05, 3.63) is 24.3 Å². The van der Waals surface area contributed by atoms with Gasteiger partial charge in [0, 0.05) is 19.4 Å². The lowest BCUT2D eigenvalue weighted by atomic mass is 10.1. The molecule has 0 bridgehead atoms. The lowest BCUT2D eigenvalue weighted by Gasteiger charge is -2.21. The number of unbranched alkanes of at least 4 members (excludes halogenated alkanes) is 18. The summed E-state index contributed by atoms with van der Waals surface area (Å²) in [5.74, 6) is -0.373. The first kappa shape index (κ1) is 40.4. The number of allylic oxidation sites excluding steroid dienone is 4. The van der Waals surface area contributed by atoms with E-state index in [1.54, 1.807) is 0 Å². The molecule has 0 spiro atoms. The van der Waals surface area contributed by atoms with E-state index in [-0.39, 0.29) is 18.5 Å². The molecule has 0 aliphatic heterocycles. The molecular weight excluding hydrogens is 522 g/mol. The Bertz CT molecular complexity index is 658. The lowest BCUT2D eigenvalue weighted by molar-refractivity contribution is -0.160. The minimum absolute atomic E-state index is 0.139. The first-order chi connectivity index (χ1) is 20.5. The highest BCUT2D eigenvalue weighted by atomic mass is 16.6. The van der Waals surface area contributed by atoms with Gasteiger partial charge in [0.1, 0.15) is 12.7 Å². The van der Waals surface area contributed by atoms with Crippen LogP contribution in [0, 0.1) is 0 Å². The average molecular weight is 592 g/mol. The Morgan fingerprint density at radius 2 is 0.929 bits per heavy atom. The summed E-state index contributed by atoms with van der Waals surface area (Å²) in [7, 11) is 3.88. The van der Waals surface area contributed by atoms with Gasteiger partial charge in [-0.1, -0.05) is 115 Å². The first-order valence-corrected chi connectivity index (χ1v) is 17.8. The van der Waals surface area contributed by atoms with Crippen LogP contribution >= 0.6 is 0 Å². The number of esters is 2. The van der Waals surface area contributed by atoms with Crippen molar-refractivity contribution in [1.82, 2.24) is 4.90 Å². The summed E-state index contributed by atoms with van der Waals surface area (Å²) in [6, 6.07) is 0. The van der Waals surface area contributed by atoms with E-state index in [4.69, 9.17) is 9.47 Å². The molecule has 5 nitrogen and oxygen atoms in total. The Morgan fingerprint density at radius 3 is 1.36 bits per heavy atom. The van der Waals surface area contributed by atoms with Crippen LogP contribution in [-0.4, -0.2) is 50.2 Å². The van der Waals surface area contributed by atoms with Crippen molar-refractivity contribution in [3.8, 4) is 0 Å². The van der Waals surface area contributed by atoms with Gasteiger partial charge in [-0.2, -0.15) is 0 Å². The molecule has 0 aromatic heterocycles. The molecule has 0 rings (SSSR count). The van der Waals surface area contributed by atoms with E-state index >= 15 is 0 Å². The highest BCUT2D eigenvalue weighted by Gasteiger charge is 2.18. The summed E-state index contributed by atoms with van der Waals surface area (Å²) in [5, 5.41) is 0. The number of ether oxygens (including phenoxy) is 2. The van der Waals surface area contributed by atoms with Gasteiger partial charge in [0.2, 0.25) is 0 Å². The second-order valence-electron chi connectivity index (χ2n) is 12.3. The summed E-state index contributed by atoms with van der Waals surface area (Å²) in [5.41, 5.74) is 0. The zero-order valence-corrected chi connectivity index (χ0v) is 28.4. The van der Waals surface area contributed by atoms with Gasteiger partial charge in [-0.05, 0) is 78.3 Å². The predicted octanol–water partition coefficient (Wildman–Crippen LogP) is 10.5. The standard InChI is InChI=1S/C37H69NO4/c1-5-7-9-11-13-15-17-19-21-23-25-27-29-31-36(39)41-34-35(33-38(3)4)42-37(40)32-30-28-26-24-22-20-18-16-14-12-10-8-6-2/h15-18,35H,5-14,19-34H2,1-4H3. The van der Waals surface area contributed by atoms with E-state index in [0.29, 0.717) is 19.4 Å². The molecule has 0 saturated carbocycles. The Kier molecular flexibility index (Phi) is 31.1. The Labute approximate surface area is 261 Å². The van der Waals surface area contributed by atoms with Crippen LogP contribution in [-0.2, 0) is 19.1 Å². The molecule has 1 unspecified atom stereocenters. The maximum absolute atomic E-state index is 12.4. The first-order valence-electron chi connectivity index (χ1n) is 17.8. The number of carbonyl (C=O) groups is 2. The normalized spacial score (nSPS) is 12.5. The Morgan fingerprint density at radius 1 is 0.548 bits per heavy atom. The second-order valence-corrected chi connectivity index (χ2v) is 12.3. The quantitative estimate of drug-likeness (QED) is 0.0456. The number of rotatable bonds is 31. The molecule has 1 atom stereocenters. The lowest BCUT2D eigenvalue weighted by Crippen LogP contribution is -2.34. The second kappa shape index (κ2) is 32.3. The maximum Gasteiger partial charge on any atom is 0.306 e. The molecule has 0 saturated heterocycles.